The van der Waals surface area contributed by atoms with Crippen molar-refractivity contribution < 1.29 is 9.13 Å². The third kappa shape index (κ3) is 4.52. The maximum Gasteiger partial charge on any atom is 0.194 e. The topological polar surface area (TPSA) is 54.7 Å². The van der Waals surface area contributed by atoms with Crippen LogP contribution in [0.5, 0.6) is 0 Å². The second-order valence-electron chi connectivity index (χ2n) is 7.34. The van der Waals surface area contributed by atoms with Gasteiger partial charge in [-0.3, -0.25) is 4.68 Å². The van der Waals surface area contributed by atoms with Crippen LogP contribution in [-0.2, 0) is 18.3 Å². The fraction of sp³-hybridized carbons (Fsp3) is 0.524. The zero-order valence-electron chi connectivity index (χ0n) is 17.4. The number of nitrogens with one attached hydrogen (secondary N) is 1. The number of guanidine groups is 1. The molecule has 6 nitrogen and oxygen atoms in total. The Morgan fingerprint density at radius 1 is 1.29 bits per heavy atom. The molecule has 152 valence electrons. The summed E-state index contributed by atoms with van der Waals surface area (Å²) in [7, 11) is 1.96. The molecule has 1 aromatic carbocycles. The average Bonchev–Trinajstić information content (AvgIpc) is 2.90. The Bertz CT molecular complexity index is 830. The van der Waals surface area contributed by atoms with Gasteiger partial charge in [0.2, 0.25) is 0 Å². The van der Waals surface area contributed by atoms with E-state index in [0.29, 0.717) is 13.1 Å². The molecule has 1 aliphatic heterocycles. The highest BCUT2D eigenvalue weighted by atomic mass is 19.1. The lowest BCUT2D eigenvalue weighted by atomic mass is 10.1. The van der Waals surface area contributed by atoms with E-state index in [1.165, 1.54) is 12.1 Å². The molecule has 3 rings (SSSR count). The van der Waals surface area contributed by atoms with Crippen LogP contribution < -0.4 is 5.32 Å². The molecule has 2 atom stereocenters. The lowest BCUT2D eigenvalue weighted by Gasteiger charge is -2.38. The average molecular weight is 388 g/mol. The van der Waals surface area contributed by atoms with Crippen molar-refractivity contribution in [1.29, 1.82) is 0 Å². The number of halogens is 1. The molecule has 0 spiro atoms. The summed E-state index contributed by atoms with van der Waals surface area (Å²) in [6.45, 7) is 11.0. The molecule has 0 radical (unpaired) electrons. The molecule has 7 heteroatoms. The Hall–Kier alpha value is -2.41. The highest BCUT2D eigenvalue weighted by molar-refractivity contribution is 5.80. The molecule has 2 unspecified atom stereocenters. The summed E-state index contributed by atoms with van der Waals surface area (Å²) in [4.78, 5) is 7.11. The van der Waals surface area contributed by atoms with E-state index < -0.39 is 0 Å². The van der Waals surface area contributed by atoms with E-state index in [0.717, 1.165) is 41.6 Å². The van der Waals surface area contributed by atoms with Crippen molar-refractivity contribution in [3.63, 3.8) is 0 Å². The molecule has 1 aromatic heterocycles. The van der Waals surface area contributed by atoms with Crippen LogP contribution in [0.4, 0.5) is 4.39 Å². The van der Waals surface area contributed by atoms with E-state index in [1.807, 2.05) is 18.7 Å². The Kier molecular flexibility index (Phi) is 6.34. The molecule has 0 amide bonds. The highest BCUT2D eigenvalue weighted by Gasteiger charge is 2.28. The van der Waals surface area contributed by atoms with E-state index in [-0.39, 0.29) is 18.0 Å². The van der Waals surface area contributed by atoms with Gasteiger partial charge in [-0.05, 0) is 45.4 Å². The third-order valence-corrected chi connectivity index (χ3v) is 5.18. The van der Waals surface area contributed by atoms with E-state index in [1.54, 1.807) is 12.1 Å². The van der Waals surface area contributed by atoms with Crippen LogP contribution in [0.15, 0.2) is 29.3 Å². The minimum Gasteiger partial charge on any atom is -0.367 e. The molecular formula is C21H30FN5O. The van der Waals surface area contributed by atoms with Gasteiger partial charge in [0.15, 0.2) is 5.96 Å². The van der Waals surface area contributed by atoms with E-state index in [2.05, 4.69) is 36.1 Å². The zero-order chi connectivity index (χ0) is 20.3. The molecule has 0 aliphatic carbocycles. The largest absolute Gasteiger partial charge is 0.367 e. The van der Waals surface area contributed by atoms with Crippen molar-refractivity contribution in [2.45, 2.75) is 46.4 Å². The number of ether oxygens (including phenoxy) is 1. The Labute approximate surface area is 166 Å². The van der Waals surface area contributed by atoms with Crippen LogP contribution >= 0.6 is 0 Å². The first-order chi connectivity index (χ1) is 13.4. The first-order valence-electron chi connectivity index (χ1n) is 9.82. The molecule has 1 aliphatic rings. The number of hydrogen-bond acceptors (Lipinski definition) is 3. The fourth-order valence-electron chi connectivity index (χ4n) is 3.61. The lowest BCUT2D eigenvalue weighted by Crippen LogP contribution is -2.50. The Morgan fingerprint density at radius 3 is 2.61 bits per heavy atom. The number of hydrogen-bond donors (Lipinski definition) is 1. The predicted molar refractivity (Wildman–Crippen MR) is 109 cm³/mol. The number of morpholine rings is 1. The molecule has 2 aromatic rings. The van der Waals surface area contributed by atoms with Crippen molar-refractivity contribution in [2.75, 3.05) is 19.6 Å². The molecule has 2 heterocycles. The monoisotopic (exact) mass is 387 g/mol. The summed E-state index contributed by atoms with van der Waals surface area (Å²) < 4.78 is 21.3. The minimum absolute atomic E-state index is 0.0505. The summed E-state index contributed by atoms with van der Waals surface area (Å²) >= 11 is 0. The summed E-state index contributed by atoms with van der Waals surface area (Å²) in [5.74, 6) is 0.633. The van der Waals surface area contributed by atoms with Crippen LogP contribution in [-0.4, -0.2) is 46.4 Å². The first-order valence-corrected chi connectivity index (χ1v) is 9.82. The standard InChI is InChI=1S/C21H30FN5O/c1-6-23-21(24-11-19-15(3)25-26(5)16(19)4)27-12-14(2)28-20(13-27)17-7-9-18(22)10-8-17/h7-10,14,20H,6,11-13H2,1-5H3,(H,23,24). The molecule has 28 heavy (non-hydrogen) atoms. The Morgan fingerprint density at radius 2 is 2.00 bits per heavy atom. The van der Waals surface area contributed by atoms with Gasteiger partial charge in [-0.2, -0.15) is 5.10 Å². The maximum absolute atomic E-state index is 13.3. The molecule has 1 saturated heterocycles. The van der Waals surface area contributed by atoms with Crippen molar-refractivity contribution in [2.24, 2.45) is 12.0 Å². The molecule has 0 bridgehead atoms. The fourth-order valence-corrected chi connectivity index (χ4v) is 3.61. The lowest BCUT2D eigenvalue weighted by molar-refractivity contribution is -0.0605. The van der Waals surface area contributed by atoms with Gasteiger partial charge < -0.3 is 15.0 Å². The van der Waals surface area contributed by atoms with Crippen LogP contribution in [0.2, 0.25) is 0 Å². The van der Waals surface area contributed by atoms with Gasteiger partial charge in [0, 0.05) is 31.4 Å². The van der Waals surface area contributed by atoms with Crippen molar-refractivity contribution in [3.05, 3.63) is 52.6 Å². The van der Waals surface area contributed by atoms with Crippen LogP contribution in [0.1, 0.15) is 42.5 Å². The summed E-state index contributed by atoms with van der Waals surface area (Å²) in [5, 5.41) is 7.88. The SMILES string of the molecule is CCNC(=NCc1c(C)nn(C)c1C)N1CC(C)OC(c2ccc(F)cc2)C1. The smallest absolute Gasteiger partial charge is 0.194 e. The quantitative estimate of drug-likeness (QED) is 0.647. The van der Waals surface area contributed by atoms with Crippen LogP contribution in [0.3, 0.4) is 0 Å². The number of aliphatic imine (C=N–C) groups is 1. The number of benzene rings is 1. The van der Waals surface area contributed by atoms with Crippen molar-refractivity contribution in [3.8, 4) is 0 Å². The maximum atomic E-state index is 13.3. The van der Waals surface area contributed by atoms with Crippen LogP contribution in [0.25, 0.3) is 0 Å². The summed E-state index contributed by atoms with van der Waals surface area (Å²) in [5.41, 5.74) is 4.29. The zero-order valence-corrected chi connectivity index (χ0v) is 17.4. The number of aryl methyl sites for hydroxylation is 2. The molecule has 1 N–H and O–H groups in total. The first kappa shape index (κ1) is 20.3. The number of rotatable bonds is 4. The van der Waals surface area contributed by atoms with Gasteiger partial charge in [0.05, 0.1) is 24.9 Å². The van der Waals surface area contributed by atoms with Gasteiger partial charge in [0.1, 0.15) is 11.9 Å². The van der Waals surface area contributed by atoms with Crippen molar-refractivity contribution in [1.82, 2.24) is 20.0 Å². The van der Waals surface area contributed by atoms with Crippen molar-refractivity contribution >= 4 is 5.96 Å². The summed E-state index contributed by atoms with van der Waals surface area (Å²) in [6.07, 6.45) is -0.0652. The molecule has 1 fully saturated rings. The summed E-state index contributed by atoms with van der Waals surface area (Å²) in [6, 6.07) is 6.55. The highest BCUT2D eigenvalue weighted by Crippen LogP contribution is 2.25. The van der Waals surface area contributed by atoms with Gasteiger partial charge >= 0.3 is 0 Å². The van der Waals surface area contributed by atoms with Crippen LogP contribution in [0, 0.1) is 19.7 Å². The predicted octanol–water partition coefficient (Wildman–Crippen LogP) is 3.10. The van der Waals surface area contributed by atoms with E-state index in [9.17, 15) is 4.39 Å². The van der Waals surface area contributed by atoms with Gasteiger partial charge in [-0.1, -0.05) is 12.1 Å². The van der Waals surface area contributed by atoms with Gasteiger partial charge in [0.25, 0.3) is 0 Å². The number of aromatic nitrogens is 2. The third-order valence-electron chi connectivity index (χ3n) is 5.18. The molecule has 0 saturated carbocycles. The van der Waals surface area contributed by atoms with Gasteiger partial charge in [-0.25, -0.2) is 9.38 Å². The van der Waals surface area contributed by atoms with Gasteiger partial charge in [-0.15, -0.1) is 0 Å². The normalized spacial score (nSPS) is 20.5. The number of nitrogens with zero attached hydrogens (tertiary/aromatic N) is 4. The molecular weight excluding hydrogens is 357 g/mol. The minimum atomic E-state index is -0.235. The second-order valence-corrected chi connectivity index (χ2v) is 7.34. The van der Waals surface area contributed by atoms with E-state index in [4.69, 9.17) is 9.73 Å². The van der Waals surface area contributed by atoms with E-state index >= 15 is 0 Å². The second kappa shape index (κ2) is 8.73. The Balaban J connectivity index is 1.80.